The number of fused-ring (bicyclic) bond motifs is 1. The van der Waals surface area contributed by atoms with Gasteiger partial charge in [0, 0.05) is 25.5 Å². The first kappa shape index (κ1) is 15.8. The fourth-order valence-electron chi connectivity index (χ4n) is 3.57. The van der Waals surface area contributed by atoms with E-state index in [2.05, 4.69) is 25.3 Å². The molecule has 0 atom stereocenters. The van der Waals surface area contributed by atoms with Crippen LogP contribution in [0.4, 0.5) is 0 Å². The molecule has 25 heavy (non-hydrogen) atoms. The van der Waals surface area contributed by atoms with Crippen LogP contribution in [0, 0.1) is 0 Å². The highest BCUT2D eigenvalue weighted by atomic mass is 16.2. The van der Waals surface area contributed by atoms with Crippen LogP contribution < -0.4 is 10.6 Å². The van der Waals surface area contributed by atoms with Crippen molar-refractivity contribution in [3.05, 3.63) is 49.1 Å². The van der Waals surface area contributed by atoms with Crippen LogP contribution >= 0.6 is 0 Å². The molecule has 0 unspecified atom stereocenters. The standard InChI is InChI=1S/C18H22N6O/c25-17(18(6-9-19-10-7-18)24-12-3-8-22-24)20-11-13-23-14-21-15-4-1-2-5-16(15)23/h1-5,8,12,14,19H,6-7,9-11,13H2,(H,20,25). The third kappa shape index (κ3) is 2.91. The minimum atomic E-state index is -0.592. The van der Waals surface area contributed by atoms with Crippen LogP contribution in [0.3, 0.4) is 0 Å². The van der Waals surface area contributed by atoms with Crippen molar-refractivity contribution in [2.24, 2.45) is 0 Å². The van der Waals surface area contributed by atoms with Gasteiger partial charge in [-0.3, -0.25) is 9.48 Å². The number of para-hydroxylation sites is 2. The van der Waals surface area contributed by atoms with E-state index in [-0.39, 0.29) is 5.91 Å². The fraction of sp³-hybridized carbons (Fsp3) is 0.389. The normalized spacial score (nSPS) is 16.8. The summed E-state index contributed by atoms with van der Waals surface area (Å²) in [6.07, 6.45) is 6.93. The molecule has 1 aliphatic rings. The maximum Gasteiger partial charge on any atom is 0.248 e. The van der Waals surface area contributed by atoms with E-state index in [0.717, 1.165) is 37.0 Å². The average Bonchev–Trinajstić information content (AvgIpc) is 3.33. The van der Waals surface area contributed by atoms with E-state index in [9.17, 15) is 4.79 Å². The summed E-state index contributed by atoms with van der Waals surface area (Å²) in [5.74, 6) is 0.0436. The molecule has 130 valence electrons. The number of nitrogens with zero attached hydrogens (tertiary/aromatic N) is 4. The zero-order valence-electron chi connectivity index (χ0n) is 14.1. The quantitative estimate of drug-likeness (QED) is 0.731. The summed E-state index contributed by atoms with van der Waals surface area (Å²) in [5, 5.41) is 10.8. The first-order chi connectivity index (χ1) is 12.3. The topological polar surface area (TPSA) is 76.8 Å². The van der Waals surface area contributed by atoms with Gasteiger partial charge in [-0.1, -0.05) is 12.1 Å². The number of rotatable bonds is 5. The van der Waals surface area contributed by atoms with Gasteiger partial charge in [-0.05, 0) is 44.1 Å². The molecule has 1 aliphatic heterocycles. The molecule has 0 aliphatic carbocycles. The Bertz CT molecular complexity index is 847. The molecule has 1 aromatic carbocycles. The molecule has 3 aromatic rings. The second kappa shape index (κ2) is 6.68. The van der Waals surface area contributed by atoms with Crippen LogP contribution in [0.15, 0.2) is 49.1 Å². The Morgan fingerprint density at radius 2 is 2.08 bits per heavy atom. The van der Waals surface area contributed by atoms with Crippen molar-refractivity contribution in [2.75, 3.05) is 19.6 Å². The molecule has 1 saturated heterocycles. The van der Waals surface area contributed by atoms with Gasteiger partial charge < -0.3 is 15.2 Å². The van der Waals surface area contributed by atoms with E-state index < -0.39 is 5.54 Å². The number of nitrogens with one attached hydrogen (secondary N) is 2. The summed E-state index contributed by atoms with van der Waals surface area (Å²) in [7, 11) is 0. The minimum absolute atomic E-state index is 0.0436. The first-order valence-electron chi connectivity index (χ1n) is 8.69. The highest BCUT2D eigenvalue weighted by Gasteiger charge is 2.41. The molecule has 7 heteroatoms. The first-order valence-corrected chi connectivity index (χ1v) is 8.69. The number of hydrogen-bond donors (Lipinski definition) is 2. The van der Waals surface area contributed by atoms with Gasteiger partial charge in [-0.15, -0.1) is 0 Å². The zero-order chi connectivity index (χ0) is 17.1. The van der Waals surface area contributed by atoms with Gasteiger partial charge in [0.2, 0.25) is 5.91 Å². The molecule has 2 aromatic heterocycles. The van der Waals surface area contributed by atoms with Crippen LogP contribution in [-0.2, 0) is 16.9 Å². The number of amides is 1. The lowest BCUT2D eigenvalue weighted by Gasteiger charge is -2.36. The van der Waals surface area contributed by atoms with Crippen molar-refractivity contribution in [1.29, 1.82) is 0 Å². The summed E-state index contributed by atoms with van der Waals surface area (Å²) >= 11 is 0. The Morgan fingerprint density at radius 1 is 1.24 bits per heavy atom. The van der Waals surface area contributed by atoms with Gasteiger partial charge in [0.25, 0.3) is 0 Å². The largest absolute Gasteiger partial charge is 0.352 e. The highest BCUT2D eigenvalue weighted by molar-refractivity contribution is 5.84. The number of benzene rings is 1. The summed E-state index contributed by atoms with van der Waals surface area (Å²) in [4.78, 5) is 17.4. The van der Waals surface area contributed by atoms with Gasteiger partial charge in [0.15, 0.2) is 0 Å². The van der Waals surface area contributed by atoms with E-state index in [1.807, 2.05) is 47.5 Å². The number of aromatic nitrogens is 4. The third-order valence-corrected chi connectivity index (χ3v) is 4.96. The van der Waals surface area contributed by atoms with Crippen molar-refractivity contribution < 1.29 is 4.79 Å². The Labute approximate surface area is 146 Å². The molecule has 0 bridgehead atoms. The Morgan fingerprint density at radius 3 is 2.88 bits per heavy atom. The van der Waals surface area contributed by atoms with Crippen molar-refractivity contribution >= 4 is 16.9 Å². The molecule has 1 fully saturated rings. The third-order valence-electron chi connectivity index (χ3n) is 4.96. The van der Waals surface area contributed by atoms with Crippen molar-refractivity contribution in [3.8, 4) is 0 Å². The number of piperidine rings is 1. The minimum Gasteiger partial charge on any atom is -0.352 e. The Hall–Kier alpha value is -2.67. The smallest absolute Gasteiger partial charge is 0.248 e. The number of carbonyl (C=O) groups excluding carboxylic acids is 1. The highest BCUT2D eigenvalue weighted by Crippen LogP contribution is 2.27. The molecule has 3 heterocycles. The predicted octanol–water partition coefficient (Wildman–Crippen LogP) is 1.13. The second-order valence-corrected chi connectivity index (χ2v) is 6.41. The van der Waals surface area contributed by atoms with E-state index in [1.165, 1.54) is 0 Å². The molecule has 0 spiro atoms. The second-order valence-electron chi connectivity index (χ2n) is 6.41. The zero-order valence-corrected chi connectivity index (χ0v) is 14.1. The molecular formula is C18H22N6O. The van der Waals surface area contributed by atoms with Gasteiger partial charge in [0.1, 0.15) is 5.54 Å². The molecule has 1 amide bonds. The van der Waals surface area contributed by atoms with Crippen LogP contribution in [-0.4, -0.2) is 44.9 Å². The number of hydrogen-bond acceptors (Lipinski definition) is 4. The number of carbonyl (C=O) groups is 1. The Kier molecular flexibility index (Phi) is 4.23. The molecule has 0 radical (unpaired) electrons. The summed E-state index contributed by atoms with van der Waals surface area (Å²) in [5.41, 5.74) is 1.46. The van der Waals surface area contributed by atoms with Crippen molar-refractivity contribution in [3.63, 3.8) is 0 Å². The lowest BCUT2D eigenvalue weighted by Crippen LogP contribution is -2.55. The van der Waals surface area contributed by atoms with Crippen LogP contribution in [0.5, 0.6) is 0 Å². The molecular weight excluding hydrogens is 316 g/mol. The van der Waals surface area contributed by atoms with E-state index >= 15 is 0 Å². The molecule has 2 N–H and O–H groups in total. The lowest BCUT2D eigenvalue weighted by molar-refractivity contribution is -0.132. The van der Waals surface area contributed by atoms with Gasteiger partial charge in [-0.25, -0.2) is 4.98 Å². The van der Waals surface area contributed by atoms with Crippen LogP contribution in [0.2, 0.25) is 0 Å². The fourth-order valence-corrected chi connectivity index (χ4v) is 3.57. The lowest BCUT2D eigenvalue weighted by atomic mass is 9.87. The van der Waals surface area contributed by atoms with E-state index in [1.54, 1.807) is 6.20 Å². The van der Waals surface area contributed by atoms with Crippen LogP contribution in [0.25, 0.3) is 11.0 Å². The van der Waals surface area contributed by atoms with Gasteiger partial charge in [0.05, 0.1) is 17.4 Å². The van der Waals surface area contributed by atoms with Crippen LogP contribution in [0.1, 0.15) is 12.8 Å². The van der Waals surface area contributed by atoms with Crippen molar-refractivity contribution in [1.82, 2.24) is 30.0 Å². The summed E-state index contributed by atoms with van der Waals surface area (Å²) in [6, 6.07) is 9.89. The Balaban J connectivity index is 1.45. The number of imidazole rings is 1. The van der Waals surface area contributed by atoms with E-state index in [4.69, 9.17) is 0 Å². The monoisotopic (exact) mass is 338 g/mol. The maximum atomic E-state index is 13.0. The van der Waals surface area contributed by atoms with Gasteiger partial charge >= 0.3 is 0 Å². The summed E-state index contributed by atoms with van der Waals surface area (Å²) in [6.45, 7) is 2.90. The summed E-state index contributed by atoms with van der Waals surface area (Å²) < 4.78 is 3.88. The van der Waals surface area contributed by atoms with E-state index in [0.29, 0.717) is 13.1 Å². The van der Waals surface area contributed by atoms with Crippen molar-refractivity contribution in [2.45, 2.75) is 24.9 Å². The molecule has 4 rings (SSSR count). The average molecular weight is 338 g/mol. The molecule has 7 nitrogen and oxygen atoms in total. The predicted molar refractivity (Wildman–Crippen MR) is 95.0 cm³/mol. The SMILES string of the molecule is O=C(NCCn1cnc2ccccc21)C1(n2cccn2)CCNCC1. The molecule has 0 saturated carbocycles. The van der Waals surface area contributed by atoms with Gasteiger partial charge in [-0.2, -0.15) is 5.10 Å². The maximum absolute atomic E-state index is 13.0.